The van der Waals surface area contributed by atoms with Crippen LogP contribution in [0.25, 0.3) is 0 Å². The van der Waals surface area contributed by atoms with Crippen LogP contribution in [0.15, 0.2) is 0 Å². The van der Waals surface area contributed by atoms with Gasteiger partial charge in [0.05, 0.1) is 12.2 Å². The van der Waals surface area contributed by atoms with Gasteiger partial charge in [0.25, 0.3) is 0 Å². The predicted molar refractivity (Wildman–Crippen MR) is 105 cm³/mol. The standard InChI is InChI=1S/C21H37N3O4/c1-13-7-5-9-20(27-13)11-15-17(25-3)18(26-4)16-12-21(10-6-8-14(2)28-21)23-19(22-20)24(15)16/h13-19,22-23H,5-12H2,1-4H3/t13-,14-,15+,16+,17+,18+,20-,21-/m1/s1. The molecule has 160 valence electrons. The van der Waals surface area contributed by atoms with Crippen molar-refractivity contribution in [3.63, 3.8) is 0 Å². The third-order valence-corrected chi connectivity index (χ3v) is 7.80. The van der Waals surface area contributed by atoms with Crippen molar-refractivity contribution in [2.75, 3.05) is 14.2 Å². The van der Waals surface area contributed by atoms with Crippen LogP contribution in [0.1, 0.15) is 65.2 Å². The lowest BCUT2D eigenvalue weighted by Gasteiger charge is -2.59. The van der Waals surface area contributed by atoms with Crippen molar-refractivity contribution >= 4 is 0 Å². The van der Waals surface area contributed by atoms with Crippen LogP contribution in [0.2, 0.25) is 0 Å². The molecule has 0 radical (unpaired) electrons. The first kappa shape index (κ1) is 19.7. The molecule has 0 aromatic rings. The van der Waals surface area contributed by atoms with E-state index < -0.39 is 0 Å². The Balaban J connectivity index is 1.50. The van der Waals surface area contributed by atoms with E-state index in [0.717, 1.165) is 38.5 Å². The van der Waals surface area contributed by atoms with Crippen LogP contribution in [-0.4, -0.2) is 73.4 Å². The van der Waals surface area contributed by atoms with E-state index in [-0.39, 0.29) is 54.2 Å². The van der Waals surface area contributed by atoms with Gasteiger partial charge < -0.3 is 18.9 Å². The van der Waals surface area contributed by atoms with Gasteiger partial charge in [-0.2, -0.15) is 0 Å². The van der Waals surface area contributed by atoms with Crippen molar-refractivity contribution in [2.24, 2.45) is 0 Å². The topological polar surface area (TPSA) is 64.2 Å². The van der Waals surface area contributed by atoms with Crippen LogP contribution in [0.4, 0.5) is 0 Å². The van der Waals surface area contributed by atoms with Gasteiger partial charge in [0.1, 0.15) is 29.9 Å². The van der Waals surface area contributed by atoms with Crippen LogP contribution in [0.3, 0.4) is 0 Å². The van der Waals surface area contributed by atoms with E-state index in [0.29, 0.717) is 0 Å². The van der Waals surface area contributed by atoms with E-state index in [1.54, 1.807) is 0 Å². The van der Waals surface area contributed by atoms with E-state index in [1.165, 1.54) is 12.8 Å². The van der Waals surface area contributed by atoms with Gasteiger partial charge in [-0.05, 0) is 52.4 Å². The molecule has 0 saturated carbocycles. The molecule has 5 fully saturated rings. The SMILES string of the molecule is CO[C@@H]1[C@@H](OC)[C@@H]2C[C@]3(CCC[C@@H](C)O3)NC3N[C@@]4(CCC[C@@H](C)O4)C[C@@H]1N32. The smallest absolute Gasteiger partial charge is 0.123 e. The molecule has 0 aromatic carbocycles. The number of rotatable bonds is 2. The molecular weight excluding hydrogens is 358 g/mol. The number of nitrogens with zero attached hydrogens (tertiary/aromatic N) is 1. The molecular formula is C21H37N3O4. The van der Waals surface area contributed by atoms with Crippen molar-refractivity contribution in [1.82, 2.24) is 15.5 Å². The molecule has 2 spiro atoms. The van der Waals surface area contributed by atoms with Crippen molar-refractivity contribution in [2.45, 2.75) is 119 Å². The summed E-state index contributed by atoms with van der Waals surface area (Å²) in [6.45, 7) is 4.39. The molecule has 5 rings (SSSR count). The second-order valence-electron chi connectivity index (χ2n) is 9.71. The summed E-state index contributed by atoms with van der Waals surface area (Å²) in [5.41, 5.74) is -0.585. The van der Waals surface area contributed by atoms with Crippen molar-refractivity contribution in [3.05, 3.63) is 0 Å². The molecule has 28 heavy (non-hydrogen) atoms. The van der Waals surface area contributed by atoms with E-state index in [9.17, 15) is 0 Å². The lowest BCUT2D eigenvalue weighted by Crippen LogP contribution is -2.79. The Bertz CT molecular complexity index is 546. The van der Waals surface area contributed by atoms with Crippen LogP contribution < -0.4 is 10.6 Å². The molecule has 7 heteroatoms. The number of hydrogen-bond acceptors (Lipinski definition) is 7. The fourth-order valence-electron chi connectivity index (χ4n) is 6.78. The molecule has 0 aromatic heterocycles. The fourth-order valence-corrected chi connectivity index (χ4v) is 6.78. The molecule has 5 saturated heterocycles. The summed E-state index contributed by atoms with van der Waals surface area (Å²) >= 11 is 0. The normalized spacial score (nSPS) is 54.2. The highest BCUT2D eigenvalue weighted by molar-refractivity contribution is 5.14. The lowest BCUT2D eigenvalue weighted by molar-refractivity contribution is -0.244. The van der Waals surface area contributed by atoms with Gasteiger partial charge in [-0.15, -0.1) is 0 Å². The van der Waals surface area contributed by atoms with Gasteiger partial charge in [-0.3, -0.25) is 15.5 Å². The molecule has 5 aliphatic rings. The minimum absolute atomic E-state index is 0.0194. The molecule has 7 nitrogen and oxygen atoms in total. The third-order valence-electron chi connectivity index (χ3n) is 7.80. The summed E-state index contributed by atoms with van der Waals surface area (Å²) in [4.78, 5) is 2.56. The van der Waals surface area contributed by atoms with Crippen molar-refractivity contribution in [1.29, 1.82) is 0 Å². The fraction of sp³-hybridized carbons (Fsp3) is 1.00. The van der Waals surface area contributed by atoms with Crippen LogP contribution in [0, 0.1) is 0 Å². The molecule has 2 N–H and O–H groups in total. The maximum absolute atomic E-state index is 6.56. The largest absolute Gasteiger partial charge is 0.377 e. The van der Waals surface area contributed by atoms with E-state index in [1.807, 2.05) is 14.2 Å². The highest BCUT2D eigenvalue weighted by atomic mass is 16.5. The predicted octanol–water partition coefficient (Wildman–Crippen LogP) is 1.91. The van der Waals surface area contributed by atoms with Gasteiger partial charge in [0, 0.05) is 39.1 Å². The van der Waals surface area contributed by atoms with Crippen LogP contribution in [0.5, 0.6) is 0 Å². The minimum atomic E-state index is -0.292. The molecule has 0 bridgehead atoms. The maximum atomic E-state index is 6.56. The highest BCUT2D eigenvalue weighted by Gasteiger charge is 2.63. The van der Waals surface area contributed by atoms with Crippen LogP contribution >= 0.6 is 0 Å². The molecule has 8 atom stereocenters. The zero-order chi connectivity index (χ0) is 19.5. The lowest BCUT2D eigenvalue weighted by atomic mass is 9.87. The second-order valence-corrected chi connectivity index (χ2v) is 9.71. The number of methoxy groups -OCH3 is 2. The molecule has 5 heterocycles. The van der Waals surface area contributed by atoms with E-state index >= 15 is 0 Å². The van der Waals surface area contributed by atoms with Gasteiger partial charge >= 0.3 is 0 Å². The Morgan fingerprint density at radius 2 is 1.29 bits per heavy atom. The number of nitrogens with one attached hydrogen (secondary N) is 2. The zero-order valence-corrected chi connectivity index (χ0v) is 17.8. The Kier molecular flexibility index (Phi) is 5.02. The van der Waals surface area contributed by atoms with Gasteiger partial charge in [-0.1, -0.05) is 0 Å². The molecule has 0 unspecified atom stereocenters. The Hall–Kier alpha value is -0.280. The molecule has 0 aliphatic carbocycles. The monoisotopic (exact) mass is 395 g/mol. The van der Waals surface area contributed by atoms with Gasteiger partial charge in [0.15, 0.2) is 0 Å². The summed E-state index contributed by atoms with van der Waals surface area (Å²) in [6.07, 6.45) is 9.32. The number of ether oxygens (including phenoxy) is 4. The summed E-state index contributed by atoms with van der Waals surface area (Å²) in [5, 5.41) is 7.76. The summed E-state index contributed by atoms with van der Waals surface area (Å²) in [6, 6.07) is 0.560. The Morgan fingerprint density at radius 3 is 1.68 bits per heavy atom. The van der Waals surface area contributed by atoms with Crippen molar-refractivity contribution in [3.8, 4) is 0 Å². The zero-order valence-electron chi connectivity index (χ0n) is 17.8. The van der Waals surface area contributed by atoms with E-state index in [4.69, 9.17) is 18.9 Å². The average molecular weight is 396 g/mol. The molecule has 5 aliphatic heterocycles. The minimum Gasteiger partial charge on any atom is -0.377 e. The molecule has 0 amide bonds. The maximum Gasteiger partial charge on any atom is 0.123 e. The summed E-state index contributed by atoms with van der Waals surface area (Å²) < 4.78 is 25.2. The van der Waals surface area contributed by atoms with E-state index in [2.05, 4.69) is 29.4 Å². The quantitative estimate of drug-likeness (QED) is 0.740. The van der Waals surface area contributed by atoms with Crippen LogP contribution in [-0.2, 0) is 18.9 Å². The highest BCUT2D eigenvalue weighted by Crippen LogP contribution is 2.48. The second kappa shape index (κ2) is 7.15. The first-order valence-electron chi connectivity index (χ1n) is 11.2. The Labute approximate surface area is 168 Å². The Morgan fingerprint density at radius 1 is 0.821 bits per heavy atom. The third kappa shape index (κ3) is 3.06. The summed E-state index contributed by atoms with van der Waals surface area (Å²) in [7, 11) is 3.65. The first-order valence-corrected chi connectivity index (χ1v) is 11.2. The van der Waals surface area contributed by atoms with Gasteiger partial charge in [-0.25, -0.2) is 0 Å². The first-order chi connectivity index (χ1) is 13.5. The summed E-state index contributed by atoms with van der Waals surface area (Å²) in [5.74, 6) is 0. The average Bonchev–Trinajstić information content (AvgIpc) is 2.93. The van der Waals surface area contributed by atoms with Gasteiger partial charge in [0.2, 0.25) is 0 Å². The van der Waals surface area contributed by atoms with Crippen molar-refractivity contribution < 1.29 is 18.9 Å². The number of hydrogen-bond donors (Lipinski definition) is 2.